The number of aliphatic hydroxyl groups is 1. The summed E-state index contributed by atoms with van der Waals surface area (Å²) >= 11 is 0. The molecule has 20 nitrogen and oxygen atoms in total. The summed E-state index contributed by atoms with van der Waals surface area (Å²) in [6.07, 6.45) is 1.99. The van der Waals surface area contributed by atoms with Gasteiger partial charge in [0.25, 0.3) is 17.4 Å². The van der Waals surface area contributed by atoms with Crippen LogP contribution in [0.3, 0.4) is 0 Å². The summed E-state index contributed by atoms with van der Waals surface area (Å²) in [4.78, 5) is 122. The fraction of sp³-hybridized carbons (Fsp3) is 0.522. The van der Waals surface area contributed by atoms with Crippen LogP contribution in [-0.2, 0) is 77.8 Å². The zero-order chi connectivity index (χ0) is 48.7. The molecule has 0 unspecified atom stereocenters. The molecule has 360 valence electrons. The van der Waals surface area contributed by atoms with Crippen molar-refractivity contribution in [1.29, 1.82) is 0 Å². The largest absolute Gasteiger partial charge is 0.458 e. The predicted octanol–water partition coefficient (Wildman–Crippen LogP) is 1.87. The Bertz CT molecular complexity index is 2540. The number of aromatic nitrogens is 2. The number of hydrogen-bond acceptors (Lipinski definition) is 14. The summed E-state index contributed by atoms with van der Waals surface area (Å²) in [7, 11) is 0. The van der Waals surface area contributed by atoms with Crippen molar-refractivity contribution in [2.24, 2.45) is 5.92 Å². The van der Waals surface area contributed by atoms with E-state index in [-0.39, 0.29) is 94.0 Å². The van der Waals surface area contributed by atoms with Gasteiger partial charge in [0.05, 0.1) is 35.6 Å². The molecule has 21 heteroatoms. The summed E-state index contributed by atoms with van der Waals surface area (Å²) in [5.74, 6) is -5.84. The molecule has 2 aromatic heterocycles. The summed E-state index contributed by atoms with van der Waals surface area (Å²) in [5.41, 5.74) is 1.33. The van der Waals surface area contributed by atoms with Gasteiger partial charge in [0.1, 0.15) is 31.2 Å². The number of rotatable bonds is 21. The SMILES string of the molecule is CC[C@@]1(O)C(=O)OCc2c1cc1n(c2=O)Cc2cc3c(CCCCOCNC(=O)[C@H](C)NC(=O)[C@@H](NC(=O)CNC(=O)CCCCC(=O)ON4C(=O)CCC4=O)C(C)C)c(C)c(F)cc3nc2-1. The first-order valence-electron chi connectivity index (χ1n) is 22.4. The average Bonchev–Trinajstić information content (AvgIpc) is 3.81. The number of carbonyl (C=O) groups is 8. The van der Waals surface area contributed by atoms with Crippen LogP contribution in [0.25, 0.3) is 22.3 Å². The van der Waals surface area contributed by atoms with Gasteiger partial charge in [-0.1, -0.05) is 20.8 Å². The van der Waals surface area contributed by atoms with Gasteiger partial charge in [0.2, 0.25) is 23.6 Å². The number of fused-ring (bicyclic) bond motifs is 5. The van der Waals surface area contributed by atoms with Crippen LogP contribution >= 0.6 is 0 Å². The number of nitrogens with zero attached hydrogens (tertiary/aromatic N) is 3. The lowest BCUT2D eigenvalue weighted by atomic mass is 9.86. The number of carbonyl (C=O) groups excluding carboxylic acids is 8. The van der Waals surface area contributed by atoms with Crippen molar-refractivity contribution < 1.29 is 62.2 Å². The van der Waals surface area contributed by atoms with E-state index >= 15 is 4.39 Å². The third kappa shape index (κ3) is 11.2. The Morgan fingerprint density at radius 2 is 1.64 bits per heavy atom. The van der Waals surface area contributed by atoms with Crippen LogP contribution in [0.15, 0.2) is 23.0 Å². The normalized spacial score (nSPS) is 17.1. The number of nitrogens with one attached hydrogen (secondary N) is 4. The Labute approximate surface area is 384 Å². The molecular weight excluding hydrogens is 878 g/mol. The number of hydroxylamine groups is 2. The maximum Gasteiger partial charge on any atom is 0.343 e. The fourth-order valence-electron chi connectivity index (χ4n) is 8.19. The monoisotopic (exact) mass is 933 g/mol. The molecule has 3 aromatic rings. The van der Waals surface area contributed by atoms with Gasteiger partial charge in [-0.05, 0) is 81.5 Å². The van der Waals surface area contributed by atoms with Gasteiger partial charge in [-0.25, -0.2) is 19.0 Å². The first-order chi connectivity index (χ1) is 31.8. The third-order valence-electron chi connectivity index (χ3n) is 12.2. The molecule has 6 rings (SSSR count). The third-order valence-corrected chi connectivity index (χ3v) is 12.2. The zero-order valence-electron chi connectivity index (χ0n) is 38.1. The van der Waals surface area contributed by atoms with Crippen LogP contribution in [-0.4, -0.2) is 99.1 Å². The van der Waals surface area contributed by atoms with Gasteiger partial charge < -0.3 is 45.3 Å². The van der Waals surface area contributed by atoms with Crippen molar-refractivity contribution in [3.63, 3.8) is 0 Å². The highest BCUT2D eigenvalue weighted by Gasteiger charge is 2.45. The van der Waals surface area contributed by atoms with Crippen molar-refractivity contribution in [1.82, 2.24) is 35.9 Å². The topological polar surface area (TPSA) is 271 Å². The number of amides is 6. The lowest BCUT2D eigenvalue weighted by Crippen LogP contribution is -2.55. The van der Waals surface area contributed by atoms with E-state index < -0.39 is 77.4 Å². The number of imide groups is 1. The number of esters is 1. The van der Waals surface area contributed by atoms with E-state index in [9.17, 15) is 48.3 Å². The summed E-state index contributed by atoms with van der Waals surface area (Å²) in [6.45, 7) is 7.85. The number of hydrogen-bond donors (Lipinski definition) is 5. The first-order valence-corrected chi connectivity index (χ1v) is 22.4. The van der Waals surface area contributed by atoms with Crippen LogP contribution in [0.1, 0.15) is 113 Å². The Morgan fingerprint density at radius 3 is 2.34 bits per heavy atom. The number of halogens is 1. The van der Waals surface area contributed by atoms with Gasteiger partial charge in [-0.3, -0.25) is 33.6 Å². The summed E-state index contributed by atoms with van der Waals surface area (Å²) in [5, 5.41) is 22.6. The van der Waals surface area contributed by atoms with Crippen LogP contribution in [0.4, 0.5) is 4.39 Å². The van der Waals surface area contributed by atoms with E-state index in [1.165, 1.54) is 17.6 Å². The Hall–Kier alpha value is -6.61. The summed E-state index contributed by atoms with van der Waals surface area (Å²) < 4.78 is 27.6. The molecule has 1 aromatic carbocycles. The van der Waals surface area contributed by atoms with Crippen LogP contribution < -0.4 is 26.8 Å². The number of benzene rings is 1. The highest BCUT2D eigenvalue weighted by Crippen LogP contribution is 2.39. The van der Waals surface area contributed by atoms with Gasteiger partial charge in [-0.2, -0.15) is 0 Å². The highest BCUT2D eigenvalue weighted by atomic mass is 19.1. The number of pyridine rings is 2. The average molecular weight is 934 g/mol. The standard InChI is InChI=1S/C46H56FN7O13/c1-6-46(64)31-18-34-41-27(21-53(34)44(62)30(31)22-66-45(46)63)17-29-28(25(4)32(47)19-33(29)51-41)11-9-10-16-65-23-49-42(60)26(5)50-43(61)40(24(2)3)52-36(56)20-48-35(55)12-7-8-13-39(59)67-54-37(57)14-15-38(54)58/h17-19,24,26,40,64H,6-16,20-23H2,1-5H3,(H,48,55)(H,49,60)(H,50,61)(H,52,56)/t26-,40-,46-/m0/s1. The molecule has 0 aliphatic carbocycles. The second-order valence-corrected chi connectivity index (χ2v) is 17.2. The quantitative estimate of drug-likeness (QED) is 0.0346. The number of aryl methyl sites for hydroxylation is 1. The van der Waals surface area contributed by atoms with Crippen LogP contribution in [0, 0.1) is 18.7 Å². The predicted molar refractivity (Wildman–Crippen MR) is 234 cm³/mol. The smallest absolute Gasteiger partial charge is 0.343 e. The van der Waals surface area contributed by atoms with E-state index in [4.69, 9.17) is 19.3 Å². The lowest BCUT2D eigenvalue weighted by molar-refractivity contribution is -0.197. The molecule has 1 saturated heterocycles. The summed E-state index contributed by atoms with van der Waals surface area (Å²) in [6, 6.07) is 2.87. The molecule has 6 amide bonds. The number of cyclic esters (lactones) is 1. The van der Waals surface area contributed by atoms with Gasteiger partial charge >= 0.3 is 11.9 Å². The molecular formula is C46H56FN7O13. The maximum absolute atomic E-state index is 15.3. The Kier molecular flexibility index (Phi) is 15.9. The minimum atomic E-state index is -1.96. The molecule has 67 heavy (non-hydrogen) atoms. The molecule has 3 aliphatic heterocycles. The second-order valence-electron chi connectivity index (χ2n) is 17.2. The van der Waals surface area contributed by atoms with Crippen molar-refractivity contribution in [2.75, 3.05) is 19.9 Å². The van der Waals surface area contributed by atoms with Crippen molar-refractivity contribution >= 4 is 58.3 Å². The zero-order valence-corrected chi connectivity index (χ0v) is 38.1. The molecule has 0 saturated carbocycles. The van der Waals surface area contributed by atoms with Gasteiger partial charge in [-0.15, -0.1) is 5.06 Å². The number of unbranched alkanes of at least 4 members (excludes halogenated alkanes) is 2. The van der Waals surface area contributed by atoms with E-state index in [0.717, 1.165) is 16.5 Å². The molecule has 3 aliphatic rings. The van der Waals surface area contributed by atoms with Crippen LogP contribution in [0.2, 0.25) is 0 Å². The minimum Gasteiger partial charge on any atom is -0.458 e. The molecule has 0 spiro atoms. The van der Waals surface area contributed by atoms with Crippen molar-refractivity contribution in [3.05, 3.63) is 62.2 Å². The fourth-order valence-corrected chi connectivity index (χ4v) is 8.19. The maximum atomic E-state index is 15.3. The first kappa shape index (κ1) is 49.8. The van der Waals surface area contributed by atoms with E-state index in [1.807, 2.05) is 6.07 Å². The van der Waals surface area contributed by atoms with E-state index in [2.05, 4.69) is 21.3 Å². The Balaban J connectivity index is 0.907. The molecule has 0 radical (unpaired) electrons. The van der Waals surface area contributed by atoms with Crippen LogP contribution in [0.5, 0.6) is 0 Å². The minimum absolute atomic E-state index is 0.0107. The highest BCUT2D eigenvalue weighted by molar-refractivity contribution is 6.01. The molecule has 5 N–H and O–H groups in total. The van der Waals surface area contributed by atoms with Crippen molar-refractivity contribution in [3.8, 4) is 11.4 Å². The van der Waals surface area contributed by atoms with Gasteiger partial charge in [0, 0.05) is 54.9 Å². The lowest BCUT2D eigenvalue weighted by Gasteiger charge is -2.31. The Morgan fingerprint density at radius 1 is 0.925 bits per heavy atom. The molecule has 5 heterocycles. The molecule has 3 atom stereocenters. The van der Waals surface area contributed by atoms with E-state index in [0.29, 0.717) is 46.8 Å². The second kappa shape index (κ2) is 21.3. The molecule has 0 bridgehead atoms. The molecule has 1 fully saturated rings. The van der Waals surface area contributed by atoms with Crippen molar-refractivity contribution in [2.45, 2.75) is 130 Å². The van der Waals surface area contributed by atoms with Gasteiger partial charge in [0.15, 0.2) is 5.60 Å². The van der Waals surface area contributed by atoms with E-state index in [1.54, 1.807) is 33.8 Å². The number of ether oxygens (including phenoxy) is 2.